The number of nitrogens with one attached hydrogen (secondary N) is 2. The van der Waals surface area contributed by atoms with E-state index < -0.39 is 5.91 Å². The van der Waals surface area contributed by atoms with E-state index in [1.807, 2.05) is 0 Å². The Kier molecular flexibility index (Phi) is 6.93. The molecule has 0 aromatic heterocycles. The number of hydrogen-bond acceptors (Lipinski definition) is 2. The van der Waals surface area contributed by atoms with Crippen LogP contribution in [0.1, 0.15) is 38.5 Å². The first-order valence-corrected chi connectivity index (χ1v) is 8.49. The molecule has 6 heteroatoms. The second-order valence-electron chi connectivity index (χ2n) is 5.56. The summed E-state index contributed by atoms with van der Waals surface area (Å²) in [4.78, 5) is 23.6. The van der Waals surface area contributed by atoms with Gasteiger partial charge in [-0.05, 0) is 50.3 Å². The highest BCUT2D eigenvalue weighted by molar-refractivity contribution is 6.36. The van der Waals surface area contributed by atoms with E-state index in [-0.39, 0.29) is 12.3 Å². The molecule has 0 saturated heterocycles. The molecule has 4 nitrogen and oxygen atoms in total. The number of anilines is 1. The Morgan fingerprint density at radius 1 is 1.13 bits per heavy atom. The first kappa shape index (κ1) is 17.8. The van der Waals surface area contributed by atoms with Crippen LogP contribution in [0, 0.1) is 0 Å². The van der Waals surface area contributed by atoms with Crippen LogP contribution in [0.4, 0.5) is 5.69 Å². The van der Waals surface area contributed by atoms with Crippen molar-refractivity contribution in [2.45, 2.75) is 38.5 Å². The van der Waals surface area contributed by atoms with Gasteiger partial charge in [0.05, 0.1) is 10.7 Å². The molecular weight excluding hydrogens is 335 g/mol. The highest BCUT2D eigenvalue weighted by Crippen LogP contribution is 2.25. The molecule has 0 fully saturated rings. The van der Waals surface area contributed by atoms with Gasteiger partial charge in [-0.25, -0.2) is 0 Å². The molecule has 0 atom stereocenters. The van der Waals surface area contributed by atoms with E-state index in [0.29, 0.717) is 22.3 Å². The van der Waals surface area contributed by atoms with Gasteiger partial charge in [0.2, 0.25) is 11.8 Å². The number of allylic oxidation sites excluding steroid dienone is 1. The van der Waals surface area contributed by atoms with Gasteiger partial charge < -0.3 is 10.6 Å². The predicted octanol–water partition coefficient (Wildman–Crippen LogP) is 4.33. The van der Waals surface area contributed by atoms with Crippen LogP contribution in [0.3, 0.4) is 0 Å². The summed E-state index contributed by atoms with van der Waals surface area (Å²) in [5.41, 5.74) is 1.84. The highest BCUT2D eigenvalue weighted by Gasteiger charge is 2.11. The van der Waals surface area contributed by atoms with Crippen LogP contribution in [0.15, 0.2) is 29.8 Å². The van der Waals surface area contributed by atoms with Crippen LogP contribution >= 0.6 is 23.2 Å². The maximum absolute atomic E-state index is 11.8. The average Bonchev–Trinajstić information content (AvgIpc) is 2.51. The molecule has 1 aromatic carbocycles. The number of halogens is 2. The Bertz CT molecular complexity index is 615. The normalized spacial score (nSPS) is 14.1. The Hall–Kier alpha value is -1.52. The van der Waals surface area contributed by atoms with Crippen molar-refractivity contribution in [1.29, 1.82) is 0 Å². The third kappa shape index (κ3) is 6.24. The van der Waals surface area contributed by atoms with Crippen LogP contribution in [0.5, 0.6) is 0 Å². The molecule has 1 aliphatic rings. The second kappa shape index (κ2) is 8.94. The highest BCUT2D eigenvalue weighted by atomic mass is 35.5. The van der Waals surface area contributed by atoms with Crippen molar-refractivity contribution < 1.29 is 9.59 Å². The van der Waals surface area contributed by atoms with Gasteiger partial charge in [-0.2, -0.15) is 0 Å². The summed E-state index contributed by atoms with van der Waals surface area (Å²) in [6.07, 6.45) is 7.62. The molecule has 0 saturated carbocycles. The Labute approximate surface area is 146 Å². The lowest BCUT2D eigenvalue weighted by Crippen LogP contribution is -2.29. The summed E-state index contributed by atoms with van der Waals surface area (Å²) in [5, 5.41) is 6.21. The zero-order valence-electron chi connectivity index (χ0n) is 12.8. The van der Waals surface area contributed by atoms with Gasteiger partial charge in [-0.15, -0.1) is 0 Å². The smallest absolute Gasteiger partial charge is 0.233 e. The van der Waals surface area contributed by atoms with Crippen LogP contribution in [-0.4, -0.2) is 18.4 Å². The van der Waals surface area contributed by atoms with Crippen LogP contribution in [-0.2, 0) is 9.59 Å². The monoisotopic (exact) mass is 354 g/mol. The maximum atomic E-state index is 11.8. The fourth-order valence-corrected chi connectivity index (χ4v) is 2.94. The fraction of sp³-hybridized carbons (Fsp3) is 0.412. The lowest BCUT2D eigenvalue weighted by molar-refractivity contribution is -0.126. The molecule has 1 aliphatic carbocycles. The van der Waals surface area contributed by atoms with Gasteiger partial charge in [0.1, 0.15) is 6.42 Å². The average molecular weight is 355 g/mol. The zero-order chi connectivity index (χ0) is 16.7. The molecule has 0 radical (unpaired) electrons. The molecule has 2 amide bonds. The van der Waals surface area contributed by atoms with Gasteiger partial charge in [0, 0.05) is 11.6 Å². The summed E-state index contributed by atoms with van der Waals surface area (Å²) in [6.45, 7) is 0.569. The van der Waals surface area contributed by atoms with Crippen LogP contribution in [0.2, 0.25) is 10.0 Å². The minimum absolute atomic E-state index is 0.224. The van der Waals surface area contributed by atoms with Crippen molar-refractivity contribution in [2.24, 2.45) is 0 Å². The fourth-order valence-electron chi connectivity index (χ4n) is 2.49. The minimum atomic E-state index is -0.399. The third-order valence-electron chi connectivity index (χ3n) is 3.68. The molecular formula is C17H20Cl2N2O2. The zero-order valence-corrected chi connectivity index (χ0v) is 14.3. The number of amides is 2. The lowest BCUT2D eigenvalue weighted by Gasteiger charge is -2.13. The summed E-state index contributed by atoms with van der Waals surface area (Å²) in [7, 11) is 0. The SMILES string of the molecule is O=C(CC(=O)Nc1ccc(Cl)cc1Cl)NCCC1=CCCCC1. The molecule has 0 unspecified atom stereocenters. The van der Waals surface area contributed by atoms with Gasteiger partial charge in [-0.1, -0.05) is 34.9 Å². The number of rotatable bonds is 6. The molecule has 0 spiro atoms. The van der Waals surface area contributed by atoms with Crippen molar-refractivity contribution in [2.75, 3.05) is 11.9 Å². The number of carbonyl (C=O) groups excluding carboxylic acids is 2. The topological polar surface area (TPSA) is 58.2 Å². The van der Waals surface area contributed by atoms with E-state index in [0.717, 1.165) is 19.3 Å². The van der Waals surface area contributed by atoms with Crippen LogP contribution < -0.4 is 10.6 Å². The van der Waals surface area contributed by atoms with Gasteiger partial charge in [0.25, 0.3) is 0 Å². The van der Waals surface area contributed by atoms with E-state index in [4.69, 9.17) is 23.2 Å². The Balaban J connectivity index is 1.71. The van der Waals surface area contributed by atoms with Gasteiger partial charge in [0.15, 0.2) is 0 Å². The van der Waals surface area contributed by atoms with Crippen molar-refractivity contribution in [3.8, 4) is 0 Å². The maximum Gasteiger partial charge on any atom is 0.233 e. The van der Waals surface area contributed by atoms with Gasteiger partial charge >= 0.3 is 0 Å². The van der Waals surface area contributed by atoms with Crippen molar-refractivity contribution >= 4 is 40.7 Å². The number of carbonyl (C=O) groups is 2. The van der Waals surface area contributed by atoms with Crippen molar-refractivity contribution in [3.63, 3.8) is 0 Å². The molecule has 2 N–H and O–H groups in total. The molecule has 0 bridgehead atoms. The van der Waals surface area contributed by atoms with Crippen molar-refractivity contribution in [1.82, 2.24) is 5.32 Å². The standard InChI is InChI=1S/C17H20Cl2N2O2/c18-13-6-7-15(14(19)10-13)21-17(23)11-16(22)20-9-8-12-4-2-1-3-5-12/h4,6-7,10H,1-3,5,8-9,11H2,(H,20,22)(H,21,23). The second-order valence-corrected chi connectivity index (χ2v) is 6.40. The predicted molar refractivity (Wildman–Crippen MR) is 93.9 cm³/mol. The molecule has 23 heavy (non-hydrogen) atoms. The lowest BCUT2D eigenvalue weighted by atomic mass is 9.97. The molecule has 1 aromatic rings. The quantitative estimate of drug-likeness (QED) is 0.590. The van der Waals surface area contributed by atoms with E-state index in [1.54, 1.807) is 12.1 Å². The van der Waals surface area contributed by atoms with E-state index in [2.05, 4.69) is 16.7 Å². The Morgan fingerprint density at radius 3 is 2.65 bits per heavy atom. The first-order valence-electron chi connectivity index (χ1n) is 7.74. The summed E-state index contributed by atoms with van der Waals surface area (Å²) in [6, 6.07) is 4.77. The van der Waals surface area contributed by atoms with E-state index >= 15 is 0 Å². The number of hydrogen-bond donors (Lipinski definition) is 2. The summed E-state index contributed by atoms with van der Waals surface area (Å²) < 4.78 is 0. The molecule has 2 rings (SSSR count). The number of benzene rings is 1. The molecule has 0 aliphatic heterocycles. The van der Waals surface area contributed by atoms with Gasteiger partial charge in [-0.3, -0.25) is 9.59 Å². The Morgan fingerprint density at radius 2 is 1.96 bits per heavy atom. The summed E-state index contributed by atoms with van der Waals surface area (Å²) in [5.74, 6) is -0.687. The minimum Gasteiger partial charge on any atom is -0.355 e. The van der Waals surface area contributed by atoms with E-state index in [9.17, 15) is 9.59 Å². The first-order chi connectivity index (χ1) is 11.0. The largest absolute Gasteiger partial charge is 0.355 e. The third-order valence-corrected chi connectivity index (χ3v) is 4.23. The van der Waals surface area contributed by atoms with E-state index in [1.165, 1.54) is 24.5 Å². The summed E-state index contributed by atoms with van der Waals surface area (Å²) >= 11 is 11.8. The van der Waals surface area contributed by atoms with Crippen molar-refractivity contribution in [3.05, 3.63) is 39.9 Å². The van der Waals surface area contributed by atoms with Crippen LogP contribution in [0.25, 0.3) is 0 Å². The molecule has 0 heterocycles. The molecule has 124 valence electrons.